The topological polar surface area (TPSA) is 93.4 Å². The van der Waals surface area contributed by atoms with Crippen LogP contribution in [-0.2, 0) is 16.6 Å². The monoisotopic (exact) mass is 470 g/mol. The number of aromatic nitrogens is 2. The summed E-state index contributed by atoms with van der Waals surface area (Å²) in [7, 11) is 1.74. The van der Waals surface area contributed by atoms with Gasteiger partial charge in [0.2, 0.25) is 11.8 Å². The maximum Gasteiger partial charge on any atom is 0.295 e. The number of hydrogen-bond donors (Lipinski definition) is 1. The molecule has 8 nitrogen and oxygen atoms in total. The van der Waals surface area contributed by atoms with E-state index in [2.05, 4.69) is 5.32 Å². The van der Waals surface area contributed by atoms with Crippen molar-refractivity contribution in [1.29, 1.82) is 0 Å². The predicted octanol–water partition coefficient (Wildman–Crippen LogP) is 3.58. The molecule has 1 fully saturated rings. The number of carbonyl (C=O) groups excluding carboxylic acids is 3. The molecule has 0 saturated carbocycles. The van der Waals surface area contributed by atoms with Crippen LogP contribution in [0.3, 0.4) is 0 Å². The molecule has 2 aliphatic rings. The Morgan fingerprint density at radius 1 is 0.914 bits per heavy atom. The number of benzene rings is 2. The molecule has 3 aromatic rings. The molecule has 3 amide bonds. The number of amides is 3. The molecule has 0 unspecified atom stereocenters. The van der Waals surface area contributed by atoms with Gasteiger partial charge in [-0.2, -0.15) is 0 Å². The van der Waals surface area contributed by atoms with E-state index in [1.165, 1.54) is 4.68 Å². The fraction of sp³-hybridized carbons (Fsp3) is 0.259. The van der Waals surface area contributed by atoms with Gasteiger partial charge < -0.3 is 5.32 Å². The van der Waals surface area contributed by atoms with Gasteiger partial charge in [0, 0.05) is 7.05 Å². The fourth-order valence-electron chi connectivity index (χ4n) is 5.03. The van der Waals surface area contributed by atoms with Gasteiger partial charge in [-0.1, -0.05) is 42.0 Å². The fourth-order valence-corrected chi connectivity index (χ4v) is 5.03. The van der Waals surface area contributed by atoms with Gasteiger partial charge in [-0.05, 0) is 51.0 Å². The second-order valence-electron chi connectivity index (χ2n) is 9.12. The molecular formula is C27H26N4O4. The molecule has 0 spiro atoms. The van der Waals surface area contributed by atoms with E-state index in [4.69, 9.17) is 0 Å². The average Bonchev–Trinajstić information content (AvgIpc) is 3.23. The van der Waals surface area contributed by atoms with Crippen molar-refractivity contribution in [2.45, 2.75) is 26.7 Å². The lowest BCUT2D eigenvalue weighted by molar-refractivity contribution is -0.122. The molecule has 178 valence electrons. The van der Waals surface area contributed by atoms with Crippen LogP contribution in [0.2, 0.25) is 0 Å². The van der Waals surface area contributed by atoms with Gasteiger partial charge in [-0.15, -0.1) is 0 Å². The summed E-state index contributed by atoms with van der Waals surface area (Å²) in [5, 5.41) is 2.74. The zero-order valence-electron chi connectivity index (χ0n) is 19.8. The van der Waals surface area contributed by atoms with Crippen LogP contribution >= 0.6 is 0 Å². The maximum absolute atomic E-state index is 13.4. The lowest BCUT2D eigenvalue weighted by Crippen LogP contribution is -2.33. The first-order valence-electron chi connectivity index (χ1n) is 11.6. The maximum atomic E-state index is 13.4. The van der Waals surface area contributed by atoms with Crippen LogP contribution in [0.25, 0.3) is 5.69 Å². The number of imide groups is 1. The highest BCUT2D eigenvalue weighted by atomic mass is 16.2. The van der Waals surface area contributed by atoms with Crippen molar-refractivity contribution in [3.63, 3.8) is 0 Å². The number of hydrogen-bond acceptors (Lipinski definition) is 4. The second-order valence-corrected chi connectivity index (χ2v) is 9.12. The smallest absolute Gasteiger partial charge is 0.295 e. The summed E-state index contributed by atoms with van der Waals surface area (Å²) in [4.78, 5) is 54.2. The number of para-hydroxylation sites is 2. The predicted molar refractivity (Wildman–Crippen MR) is 133 cm³/mol. The van der Waals surface area contributed by atoms with Crippen LogP contribution in [0.1, 0.15) is 35.8 Å². The lowest BCUT2D eigenvalue weighted by Gasteiger charge is -2.19. The number of rotatable bonds is 4. The summed E-state index contributed by atoms with van der Waals surface area (Å²) in [6.07, 6.45) is 3.07. The molecule has 1 aliphatic heterocycles. The molecule has 0 bridgehead atoms. The molecule has 1 aromatic heterocycles. The Labute approximate surface area is 202 Å². The van der Waals surface area contributed by atoms with E-state index in [0.717, 1.165) is 10.5 Å². The van der Waals surface area contributed by atoms with Crippen molar-refractivity contribution in [2.75, 3.05) is 10.2 Å². The van der Waals surface area contributed by atoms with E-state index in [1.807, 2.05) is 43.3 Å². The van der Waals surface area contributed by atoms with Crippen molar-refractivity contribution >= 4 is 29.1 Å². The molecule has 0 radical (unpaired) electrons. The molecule has 2 atom stereocenters. The van der Waals surface area contributed by atoms with Gasteiger partial charge in [-0.3, -0.25) is 23.9 Å². The van der Waals surface area contributed by atoms with E-state index >= 15 is 0 Å². The molecule has 2 aromatic carbocycles. The Balaban J connectivity index is 1.49. The molecule has 2 heterocycles. The third-order valence-corrected chi connectivity index (χ3v) is 7.01. The number of anilines is 2. The van der Waals surface area contributed by atoms with E-state index in [-0.39, 0.29) is 34.3 Å². The Bertz CT molecular complexity index is 1450. The minimum atomic E-state index is -0.559. The van der Waals surface area contributed by atoms with Gasteiger partial charge in [0.05, 0.1) is 34.5 Å². The van der Waals surface area contributed by atoms with Crippen LogP contribution in [0.15, 0.2) is 71.0 Å². The quantitative estimate of drug-likeness (QED) is 0.466. The molecular weight excluding hydrogens is 444 g/mol. The standard InChI is InChI=1S/C27H26N4O4/c1-16-13-14-19-21(15-16)26(34)30(25(19)33)22-12-8-7-11-20(22)24(32)28-23-17(2)29(3)31(27(23)35)18-9-5-4-6-10-18/h4-13,19,21H,14-15H2,1-3H3,(H,28,32)/t19-,21-/m0/s1. The Hall–Kier alpha value is -4.20. The van der Waals surface area contributed by atoms with Gasteiger partial charge in [0.1, 0.15) is 5.69 Å². The van der Waals surface area contributed by atoms with Crippen LogP contribution in [0.4, 0.5) is 11.4 Å². The van der Waals surface area contributed by atoms with Crippen molar-refractivity contribution in [3.05, 3.63) is 87.9 Å². The Morgan fingerprint density at radius 2 is 1.57 bits per heavy atom. The van der Waals surface area contributed by atoms with E-state index in [1.54, 1.807) is 42.9 Å². The van der Waals surface area contributed by atoms with Crippen LogP contribution < -0.4 is 15.8 Å². The Morgan fingerprint density at radius 3 is 2.31 bits per heavy atom. The number of nitrogens with zero attached hydrogens (tertiary/aromatic N) is 3. The summed E-state index contributed by atoms with van der Waals surface area (Å²) in [5.74, 6) is -1.94. The van der Waals surface area contributed by atoms with Gasteiger partial charge in [0.25, 0.3) is 11.5 Å². The van der Waals surface area contributed by atoms with E-state index < -0.39 is 17.7 Å². The number of fused-ring (bicyclic) bond motifs is 1. The third kappa shape index (κ3) is 3.62. The first-order chi connectivity index (χ1) is 16.8. The zero-order valence-corrected chi connectivity index (χ0v) is 19.8. The normalized spacial score (nSPS) is 19.5. The minimum Gasteiger partial charge on any atom is -0.316 e. The Kier molecular flexibility index (Phi) is 5.51. The third-order valence-electron chi connectivity index (χ3n) is 7.01. The first kappa shape index (κ1) is 22.6. The molecule has 1 saturated heterocycles. The molecule has 8 heteroatoms. The molecule has 1 N–H and O–H groups in total. The average molecular weight is 471 g/mol. The van der Waals surface area contributed by atoms with Gasteiger partial charge in [0.15, 0.2) is 0 Å². The highest BCUT2D eigenvalue weighted by molar-refractivity contribution is 6.25. The highest BCUT2D eigenvalue weighted by Gasteiger charge is 2.49. The summed E-state index contributed by atoms with van der Waals surface area (Å²) >= 11 is 0. The highest BCUT2D eigenvalue weighted by Crippen LogP contribution is 2.40. The molecule has 35 heavy (non-hydrogen) atoms. The van der Waals surface area contributed by atoms with Gasteiger partial charge >= 0.3 is 0 Å². The second kappa shape index (κ2) is 8.54. The first-order valence-corrected chi connectivity index (χ1v) is 11.6. The summed E-state index contributed by atoms with van der Waals surface area (Å²) in [6.45, 7) is 3.71. The largest absolute Gasteiger partial charge is 0.316 e. The van der Waals surface area contributed by atoms with Crippen LogP contribution in [-0.4, -0.2) is 27.1 Å². The minimum absolute atomic E-state index is 0.142. The van der Waals surface area contributed by atoms with Gasteiger partial charge in [-0.25, -0.2) is 9.58 Å². The molecule has 1 aliphatic carbocycles. The van der Waals surface area contributed by atoms with Crippen molar-refractivity contribution in [2.24, 2.45) is 18.9 Å². The van der Waals surface area contributed by atoms with Crippen molar-refractivity contribution in [1.82, 2.24) is 9.36 Å². The lowest BCUT2D eigenvalue weighted by atomic mass is 9.82. The SMILES string of the molecule is CC1=CC[C@@H]2C(=O)N(c3ccccc3C(=O)Nc3c(C)n(C)n(-c4ccccc4)c3=O)C(=O)[C@H]2C1. The number of nitrogens with one attached hydrogen (secondary N) is 1. The van der Waals surface area contributed by atoms with Crippen LogP contribution in [0, 0.1) is 18.8 Å². The number of allylic oxidation sites excluding steroid dienone is 2. The summed E-state index contributed by atoms with van der Waals surface area (Å²) in [6, 6.07) is 15.7. The summed E-state index contributed by atoms with van der Waals surface area (Å²) in [5.41, 5.74) is 2.51. The summed E-state index contributed by atoms with van der Waals surface area (Å²) < 4.78 is 3.15. The molecule has 5 rings (SSSR count). The van der Waals surface area contributed by atoms with Crippen molar-refractivity contribution < 1.29 is 14.4 Å². The number of carbonyl (C=O) groups is 3. The zero-order chi connectivity index (χ0) is 24.9. The van der Waals surface area contributed by atoms with Crippen LogP contribution in [0.5, 0.6) is 0 Å². The van der Waals surface area contributed by atoms with E-state index in [0.29, 0.717) is 24.2 Å². The van der Waals surface area contributed by atoms with Crippen molar-refractivity contribution in [3.8, 4) is 5.69 Å². The van der Waals surface area contributed by atoms with E-state index in [9.17, 15) is 19.2 Å².